The van der Waals surface area contributed by atoms with Gasteiger partial charge < -0.3 is 4.74 Å². The Bertz CT molecular complexity index is 786. The minimum atomic E-state index is -4.46. The molecular weight excluding hydrogens is 336 g/mol. The van der Waals surface area contributed by atoms with Crippen LogP contribution in [0.1, 0.15) is 33.2 Å². The van der Waals surface area contributed by atoms with E-state index >= 15 is 0 Å². The third-order valence-corrected chi connectivity index (χ3v) is 3.85. The Morgan fingerprint density at radius 2 is 1.96 bits per heavy atom. The van der Waals surface area contributed by atoms with E-state index in [1.54, 1.807) is 0 Å². The van der Waals surface area contributed by atoms with Gasteiger partial charge in [0.05, 0.1) is 11.1 Å². The fourth-order valence-corrected chi connectivity index (χ4v) is 2.69. The van der Waals surface area contributed by atoms with Crippen LogP contribution >= 0.6 is 11.6 Å². The first-order valence-corrected chi connectivity index (χ1v) is 7.00. The van der Waals surface area contributed by atoms with Gasteiger partial charge in [0.15, 0.2) is 0 Å². The van der Waals surface area contributed by atoms with E-state index in [0.717, 1.165) is 12.1 Å². The van der Waals surface area contributed by atoms with Crippen molar-refractivity contribution in [3.8, 4) is 5.75 Å². The summed E-state index contributed by atoms with van der Waals surface area (Å²) in [7, 11) is 0. The third-order valence-electron chi connectivity index (χ3n) is 3.65. The Labute approximate surface area is 133 Å². The number of ether oxygens (including phenoxy) is 1. The van der Waals surface area contributed by atoms with Crippen molar-refractivity contribution in [1.82, 2.24) is 0 Å². The lowest BCUT2D eigenvalue weighted by Crippen LogP contribution is -2.08. The van der Waals surface area contributed by atoms with Gasteiger partial charge >= 0.3 is 6.18 Å². The average Bonchev–Trinajstić information content (AvgIpc) is 2.88. The van der Waals surface area contributed by atoms with Gasteiger partial charge in [-0.3, -0.25) is 4.79 Å². The van der Waals surface area contributed by atoms with Crippen LogP contribution in [-0.4, -0.2) is 5.24 Å². The van der Waals surface area contributed by atoms with Crippen molar-refractivity contribution in [2.75, 3.05) is 0 Å². The molecule has 2 aromatic carbocycles. The molecule has 0 amide bonds. The van der Waals surface area contributed by atoms with Gasteiger partial charge in [0.2, 0.25) is 0 Å². The predicted molar refractivity (Wildman–Crippen MR) is 75.1 cm³/mol. The smallest absolute Gasteiger partial charge is 0.416 e. The van der Waals surface area contributed by atoms with E-state index in [2.05, 4.69) is 0 Å². The molecule has 0 aromatic heterocycles. The van der Waals surface area contributed by atoms with Gasteiger partial charge in [-0.05, 0) is 41.4 Å². The lowest BCUT2D eigenvalue weighted by molar-refractivity contribution is -0.137. The first-order chi connectivity index (χ1) is 10.8. The number of halogens is 5. The van der Waals surface area contributed by atoms with E-state index in [-0.39, 0.29) is 23.3 Å². The van der Waals surface area contributed by atoms with Crippen LogP contribution in [0.3, 0.4) is 0 Å². The highest BCUT2D eigenvalue weighted by molar-refractivity contribution is 6.67. The molecule has 0 N–H and O–H groups in total. The molecule has 3 rings (SSSR count). The van der Waals surface area contributed by atoms with E-state index in [9.17, 15) is 22.4 Å². The summed E-state index contributed by atoms with van der Waals surface area (Å²) in [4.78, 5) is 11.2. The van der Waals surface area contributed by atoms with Crippen LogP contribution in [0, 0.1) is 5.82 Å². The molecule has 2 aromatic rings. The summed E-state index contributed by atoms with van der Waals surface area (Å²) in [6.45, 7) is 0. The number of alkyl halides is 3. The standard InChI is InChI=1S/C16H9ClF4O2/c17-15(22)11-3-1-2-10(14(11)18)13-7-8-6-9(16(19,20)21)4-5-12(8)23-13/h1-6,13H,7H2. The number of benzene rings is 2. The van der Waals surface area contributed by atoms with Crippen molar-refractivity contribution in [1.29, 1.82) is 0 Å². The zero-order valence-corrected chi connectivity index (χ0v) is 12.2. The van der Waals surface area contributed by atoms with Crippen molar-refractivity contribution in [3.63, 3.8) is 0 Å². The van der Waals surface area contributed by atoms with Crippen LogP contribution < -0.4 is 4.74 Å². The van der Waals surface area contributed by atoms with Crippen LogP contribution in [0.5, 0.6) is 5.75 Å². The van der Waals surface area contributed by atoms with Crippen LogP contribution in [0.2, 0.25) is 0 Å². The minimum absolute atomic E-state index is 0.0795. The van der Waals surface area contributed by atoms with Gasteiger partial charge in [0.25, 0.3) is 5.24 Å². The molecule has 0 aliphatic carbocycles. The summed E-state index contributed by atoms with van der Waals surface area (Å²) in [5.74, 6) is -0.550. The number of rotatable bonds is 2. The molecule has 120 valence electrons. The SMILES string of the molecule is O=C(Cl)c1cccc(C2Cc3cc(C(F)(F)F)ccc3O2)c1F. The second-order valence-electron chi connectivity index (χ2n) is 5.11. The van der Waals surface area contributed by atoms with Gasteiger partial charge in [-0.15, -0.1) is 0 Å². The zero-order valence-electron chi connectivity index (χ0n) is 11.5. The van der Waals surface area contributed by atoms with Crippen molar-refractivity contribution in [2.45, 2.75) is 18.7 Å². The second kappa shape index (κ2) is 5.53. The van der Waals surface area contributed by atoms with Crippen molar-refractivity contribution >= 4 is 16.8 Å². The number of hydrogen-bond acceptors (Lipinski definition) is 2. The Morgan fingerprint density at radius 1 is 1.22 bits per heavy atom. The van der Waals surface area contributed by atoms with Gasteiger partial charge in [-0.2, -0.15) is 13.2 Å². The molecule has 0 fully saturated rings. The fraction of sp³-hybridized carbons (Fsp3) is 0.188. The summed E-state index contributed by atoms with van der Waals surface area (Å²) in [6, 6.07) is 7.21. The number of hydrogen-bond donors (Lipinski definition) is 0. The Kier molecular flexibility index (Phi) is 3.80. The van der Waals surface area contributed by atoms with Gasteiger partial charge in [-0.1, -0.05) is 12.1 Å². The molecule has 1 heterocycles. The van der Waals surface area contributed by atoms with Crippen LogP contribution in [0.15, 0.2) is 36.4 Å². The van der Waals surface area contributed by atoms with Gasteiger partial charge in [-0.25, -0.2) is 4.39 Å². The maximum absolute atomic E-state index is 14.3. The lowest BCUT2D eigenvalue weighted by atomic mass is 10.00. The van der Waals surface area contributed by atoms with Crippen molar-refractivity contribution in [3.05, 3.63) is 64.5 Å². The maximum Gasteiger partial charge on any atom is 0.416 e. The average molecular weight is 345 g/mol. The van der Waals surface area contributed by atoms with Gasteiger partial charge in [0.1, 0.15) is 17.7 Å². The monoisotopic (exact) mass is 344 g/mol. The number of carbonyl (C=O) groups is 1. The first-order valence-electron chi connectivity index (χ1n) is 6.62. The molecule has 0 spiro atoms. The zero-order chi connectivity index (χ0) is 16.8. The molecule has 0 saturated carbocycles. The maximum atomic E-state index is 14.3. The summed E-state index contributed by atoms with van der Waals surface area (Å²) in [5, 5.41) is -0.945. The fourth-order valence-electron chi connectivity index (χ4n) is 2.55. The highest BCUT2D eigenvalue weighted by Crippen LogP contribution is 2.41. The summed E-state index contributed by atoms with van der Waals surface area (Å²) in [5.41, 5.74) is -0.654. The van der Waals surface area contributed by atoms with E-state index in [4.69, 9.17) is 16.3 Å². The van der Waals surface area contributed by atoms with E-state index in [1.807, 2.05) is 0 Å². The van der Waals surface area contributed by atoms with E-state index in [1.165, 1.54) is 24.3 Å². The Balaban J connectivity index is 1.94. The number of fused-ring (bicyclic) bond motifs is 1. The molecule has 2 nitrogen and oxygen atoms in total. The molecule has 1 unspecified atom stereocenters. The molecule has 1 atom stereocenters. The van der Waals surface area contributed by atoms with Crippen molar-refractivity contribution < 1.29 is 27.1 Å². The third kappa shape index (κ3) is 2.91. The van der Waals surface area contributed by atoms with Crippen LogP contribution in [0.25, 0.3) is 0 Å². The molecule has 0 saturated heterocycles. The van der Waals surface area contributed by atoms with Crippen LogP contribution in [-0.2, 0) is 12.6 Å². The van der Waals surface area contributed by atoms with Gasteiger partial charge in [0, 0.05) is 12.0 Å². The molecule has 0 bridgehead atoms. The first kappa shape index (κ1) is 15.8. The summed E-state index contributed by atoms with van der Waals surface area (Å²) < 4.78 is 58.0. The molecular formula is C16H9ClF4O2. The Hall–Kier alpha value is -2.08. The quantitative estimate of drug-likeness (QED) is 0.572. The molecule has 1 aliphatic heterocycles. The second-order valence-corrected chi connectivity index (χ2v) is 5.46. The van der Waals surface area contributed by atoms with Crippen LogP contribution in [0.4, 0.5) is 17.6 Å². The highest BCUT2D eigenvalue weighted by atomic mass is 35.5. The predicted octanol–water partition coefficient (Wildman–Crippen LogP) is 4.90. The molecule has 1 aliphatic rings. The van der Waals surface area contributed by atoms with Crippen molar-refractivity contribution in [2.24, 2.45) is 0 Å². The van der Waals surface area contributed by atoms with E-state index < -0.39 is 28.9 Å². The summed E-state index contributed by atoms with van der Waals surface area (Å²) >= 11 is 5.30. The summed E-state index contributed by atoms with van der Waals surface area (Å²) in [6.07, 6.45) is -5.18. The topological polar surface area (TPSA) is 26.3 Å². The number of carbonyl (C=O) groups excluding carboxylic acids is 1. The normalized spacial score (nSPS) is 16.8. The minimum Gasteiger partial charge on any atom is -0.485 e. The largest absolute Gasteiger partial charge is 0.485 e. The molecule has 7 heteroatoms. The molecule has 0 radical (unpaired) electrons. The Morgan fingerprint density at radius 3 is 2.61 bits per heavy atom. The lowest BCUT2D eigenvalue weighted by Gasteiger charge is -2.13. The molecule has 23 heavy (non-hydrogen) atoms. The van der Waals surface area contributed by atoms with E-state index in [0.29, 0.717) is 5.56 Å². The highest BCUT2D eigenvalue weighted by Gasteiger charge is 2.34.